The molecule has 0 radical (unpaired) electrons. The second-order valence-corrected chi connectivity index (χ2v) is 6.15. The van der Waals surface area contributed by atoms with Gasteiger partial charge in [-0.1, -0.05) is 0 Å². The minimum atomic E-state index is -0.415. The molecule has 1 aliphatic rings. The van der Waals surface area contributed by atoms with E-state index in [0.29, 0.717) is 25.1 Å². The third-order valence-corrected chi connectivity index (χ3v) is 4.59. The second kappa shape index (κ2) is 7.61. The molecule has 0 unspecified atom stereocenters. The molecule has 134 valence electrons. The van der Waals surface area contributed by atoms with Crippen LogP contribution in [0.4, 0.5) is 0 Å². The van der Waals surface area contributed by atoms with Gasteiger partial charge in [0.25, 0.3) is 0 Å². The summed E-state index contributed by atoms with van der Waals surface area (Å²) in [5, 5.41) is 11.1. The number of fused-ring (bicyclic) bond motifs is 1. The Kier molecular flexibility index (Phi) is 5.28. The summed E-state index contributed by atoms with van der Waals surface area (Å²) in [5.41, 5.74) is 2.68. The molecule has 0 fully saturated rings. The Morgan fingerprint density at radius 3 is 3.00 bits per heavy atom. The number of aromatic nitrogens is 1. The maximum Gasteiger partial charge on any atom is 0.338 e. The summed E-state index contributed by atoms with van der Waals surface area (Å²) in [6.07, 6.45) is 3.35. The molecule has 6 nitrogen and oxygen atoms in total. The first-order valence-corrected chi connectivity index (χ1v) is 8.56. The van der Waals surface area contributed by atoms with Crippen molar-refractivity contribution in [2.75, 3.05) is 33.4 Å². The highest BCUT2D eigenvalue weighted by Crippen LogP contribution is 2.25. The van der Waals surface area contributed by atoms with E-state index < -0.39 is 5.97 Å². The molecule has 25 heavy (non-hydrogen) atoms. The zero-order valence-electron chi connectivity index (χ0n) is 14.7. The first kappa shape index (κ1) is 17.4. The number of carbonyl (C=O) groups excluding carboxylic acids is 1. The lowest BCUT2D eigenvalue weighted by atomic mass is 10.1. The van der Waals surface area contributed by atoms with Gasteiger partial charge in [-0.3, -0.25) is 4.90 Å². The standard InChI is InChI=1S/C19H24N2O4/c1-3-25-19(23)16-12-21(9-7-18(16)22)8-6-13-11-20-17-5-4-14(24-2)10-15(13)17/h4-5,10-11,20,22H,3,6-9,12H2,1-2H3. The van der Waals surface area contributed by atoms with Crippen LogP contribution in [0.3, 0.4) is 0 Å². The number of methoxy groups -OCH3 is 1. The summed E-state index contributed by atoms with van der Waals surface area (Å²) in [4.78, 5) is 17.4. The van der Waals surface area contributed by atoms with E-state index in [2.05, 4.69) is 9.88 Å². The van der Waals surface area contributed by atoms with Crippen LogP contribution in [0.1, 0.15) is 18.9 Å². The molecule has 0 aliphatic carbocycles. The number of H-pyrrole nitrogens is 1. The van der Waals surface area contributed by atoms with Crippen molar-refractivity contribution in [3.63, 3.8) is 0 Å². The summed E-state index contributed by atoms with van der Waals surface area (Å²) in [6, 6.07) is 5.98. The van der Waals surface area contributed by atoms with Crippen molar-refractivity contribution in [3.8, 4) is 5.75 Å². The Hall–Kier alpha value is -2.47. The number of ether oxygens (including phenoxy) is 2. The van der Waals surface area contributed by atoms with E-state index >= 15 is 0 Å². The van der Waals surface area contributed by atoms with Gasteiger partial charge in [0, 0.05) is 43.2 Å². The number of nitrogens with one attached hydrogen (secondary N) is 1. The predicted octanol–water partition coefficient (Wildman–Crippen LogP) is 2.80. The van der Waals surface area contributed by atoms with Crippen molar-refractivity contribution in [1.82, 2.24) is 9.88 Å². The van der Waals surface area contributed by atoms with E-state index in [1.54, 1.807) is 14.0 Å². The highest BCUT2D eigenvalue weighted by molar-refractivity contribution is 5.89. The van der Waals surface area contributed by atoms with Gasteiger partial charge in [0.05, 0.1) is 19.3 Å². The molecule has 1 aromatic carbocycles. The molecular formula is C19H24N2O4. The maximum absolute atomic E-state index is 11.9. The van der Waals surface area contributed by atoms with E-state index in [1.165, 1.54) is 5.56 Å². The molecule has 2 aromatic rings. The lowest BCUT2D eigenvalue weighted by Gasteiger charge is -2.27. The minimum Gasteiger partial charge on any atom is -0.512 e. The van der Waals surface area contributed by atoms with E-state index in [9.17, 15) is 9.90 Å². The lowest BCUT2D eigenvalue weighted by Crippen LogP contribution is -2.36. The van der Waals surface area contributed by atoms with Crippen LogP contribution >= 0.6 is 0 Å². The van der Waals surface area contributed by atoms with Crippen LogP contribution in [0.2, 0.25) is 0 Å². The fourth-order valence-corrected chi connectivity index (χ4v) is 3.17. The normalized spacial score (nSPS) is 15.6. The average molecular weight is 344 g/mol. The first-order chi connectivity index (χ1) is 12.1. The van der Waals surface area contributed by atoms with Crippen LogP contribution in [0.25, 0.3) is 10.9 Å². The quantitative estimate of drug-likeness (QED) is 0.788. The van der Waals surface area contributed by atoms with E-state index in [4.69, 9.17) is 9.47 Å². The van der Waals surface area contributed by atoms with Gasteiger partial charge in [0.1, 0.15) is 11.5 Å². The van der Waals surface area contributed by atoms with E-state index in [1.807, 2.05) is 24.4 Å². The Bertz CT molecular complexity index is 794. The van der Waals surface area contributed by atoms with Gasteiger partial charge in [-0.15, -0.1) is 0 Å². The van der Waals surface area contributed by atoms with Crippen molar-refractivity contribution in [2.24, 2.45) is 0 Å². The van der Waals surface area contributed by atoms with Crippen molar-refractivity contribution in [3.05, 3.63) is 41.3 Å². The third-order valence-electron chi connectivity index (χ3n) is 4.59. The van der Waals surface area contributed by atoms with E-state index in [-0.39, 0.29) is 5.76 Å². The van der Waals surface area contributed by atoms with Crippen molar-refractivity contribution >= 4 is 16.9 Å². The Labute approximate surface area is 147 Å². The van der Waals surface area contributed by atoms with Crippen LogP contribution in [0.15, 0.2) is 35.7 Å². The molecule has 6 heteroatoms. The predicted molar refractivity (Wildman–Crippen MR) is 95.9 cm³/mol. The number of hydrogen-bond acceptors (Lipinski definition) is 5. The van der Waals surface area contributed by atoms with Gasteiger partial charge in [-0.2, -0.15) is 0 Å². The number of esters is 1. The SMILES string of the molecule is CCOC(=O)C1=C(O)CCN(CCc2c[nH]c3ccc(OC)cc23)C1. The zero-order valence-corrected chi connectivity index (χ0v) is 14.7. The van der Waals surface area contributed by atoms with Crippen molar-refractivity contribution < 1.29 is 19.4 Å². The van der Waals surface area contributed by atoms with Gasteiger partial charge in [0.2, 0.25) is 0 Å². The van der Waals surface area contributed by atoms with Gasteiger partial charge >= 0.3 is 5.97 Å². The van der Waals surface area contributed by atoms with Crippen LogP contribution in [-0.2, 0) is 16.0 Å². The Morgan fingerprint density at radius 1 is 1.40 bits per heavy atom. The number of rotatable bonds is 6. The molecule has 0 bridgehead atoms. The Balaban J connectivity index is 1.67. The van der Waals surface area contributed by atoms with Gasteiger partial charge in [-0.25, -0.2) is 4.79 Å². The number of benzene rings is 1. The monoisotopic (exact) mass is 344 g/mol. The molecule has 1 aromatic heterocycles. The minimum absolute atomic E-state index is 0.159. The fourth-order valence-electron chi connectivity index (χ4n) is 3.17. The molecule has 2 heterocycles. The maximum atomic E-state index is 11.9. The fraction of sp³-hybridized carbons (Fsp3) is 0.421. The molecule has 0 atom stereocenters. The molecule has 0 saturated heterocycles. The number of carbonyl (C=O) groups is 1. The van der Waals surface area contributed by atoms with E-state index in [0.717, 1.165) is 36.2 Å². The molecule has 0 amide bonds. The molecule has 3 rings (SSSR count). The second-order valence-electron chi connectivity index (χ2n) is 6.15. The van der Waals surface area contributed by atoms with Gasteiger partial charge in [-0.05, 0) is 37.1 Å². The number of nitrogens with zero attached hydrogens (tertiary/aromatic N) is 1. The number of hydrogen-bond donors (Lipinski definition) is 2. The highest BCUT2D eigenvalue weighted by Gasteiger charge is 2.24. The third kappa shape index (κ3) is 3.79. The summed E-state index contributed by atoms with van der Waals surface area (Å²) in [6.45, 7) is 4.05. The van der Waals surface area contributed by atoms with Crippen LogP contribution in [0.5, 0.6) is 5.75 Å². The first-order valence-electron chi connectivity index (χ1n) is 8.56. The summed E-state index contributed by atoms with van der Waals surface area (Å²) in [7, 11) is 1.66. The van der Waals surface area contributed by atoms with Crippen molar-refractivity contribution in [1.29, 1.82) is 0 Å². The Morgan fingerprint density at radius 2 is 2.24 bits per heavy atom. The average Bonchev–Trinajstić information content (AvgIpc) is 3.03. The highest BCUT2D eigenvalue weighted by atomic mass is 16.5. The zero-order chi connectivity index (χ0) is 17.8. The topological polar surface area (TPSA) is 74.8 Å². The summed E-state index contributed by atoms with van der Waals surface area (Å²) >= 11 is 0. The van der Waals surface area contributed by atoms with Gasteiger partial charge in [0.15, 0.2) is 0 Å². The number of aliphatic hydroxyl groups is 1. The van der Waals surface area contributed by atoms with Crippen molar-refractivity contribution in [2.45, 2.75) is 19.8 Å². The molecule has 1 aliphatic heterocycles. The largest absolute Gasteiger partial charge is 0.512 e. The molecule has 0 spiro atoms. The van der Waals surface area contributed by atoms with Gasteiger partial charge < -0.3 is 19.6 Å². The molecular weight excluding hydrogens is 320 g/mol. The smallest absolute Gasteiger partial charge is 0.338 e. The molecule has 0 saturated carbocycles. The lowest BCUT2D eigenvalue weighted by molar-refractivity contribution is -0.139. The summed E-state index contributed by atoms with van der Waals surface area (Å²) in [5.74, 6) is 0.580. The van der Waals surface area contributed by atoms with Crippen LogP contribution < -0.4 is 4.74 Å². The molecule has 2 N–H and O–H groups in total. The number of aromatic amines is 1. The summed E-state index contributed by atoms with van der Waals surface area (Å²) < 4.78 is 10.3. The number of aliphatic hydroxyl groups excluding tert-OH is 1. The van der Waals surface area contributed by atoms with Crippen LogP contribution in [0, 0.1) is 0 Å². The van der Waals surface area contributed by atoms with Crippen LogP contribution in [-0.4, -0.2) is 54.3 Å².